The zero-order chi connectivity index (χ0) is 14.4. The number of aromatic nitrogens is 3. The first-order chi connectivity index (χ1) is 9.69. The fourth-order valence-electron chi connectivity index (χ4n) is 1.41. The zero-order valence-corrected chi connectivity index (χ0v) is 12.2. The summed E-state index contributed by atoms with van der Waals surface area (Å²) >= 11 is 7.10. The molecule has 5 nitrogen and oxygen atoms in total. The summed E-state index contributed by atoms with van der Waals surface area (Å²) in [7, 11) is 0. The molecule has 7 heteroatoms. The molecule has 20 heavy (non-hydrogen) atoms. The molecule has 1 heterocycles. The Morgan fingerprint density at radius 2 is 2.20 bits per heavy atom. The van der Waals surface area contributed by atoms with Crippen LogP contribution in [0.2, 0.25) is 5.02 Å². The van der Waals surface area contributed by atoms with E-state index < -0.39 is 0 Å². The molecule has 0 aliphatic heterocycles. The van der Waals surface area contributed by atoms with Gasteiger partial charge >= 0.3 is 0 Å². The summed E-state index contributed by atoms with van der Waals surface area (Å²) in [4.78, 5) is 15.7. The average Bonchev–Trinajstić information content (AvgIpc) is 2.92. The monoisotopic (exact) mass is 308 g/mol. The predicted octanol–water partition coefficient (Wildman–Crippen LogP) is 2.52. The number of H-pyrrole nitrogens is 1. The fourth-order valence-corrected chi connectivity index (χ4v) is 2.17. The molecule has 1 aromatic heterocycles. The van der Waals surface area contributed by atoms with Gasteiger partial charge in [-0.05, 0) is 24.3 Å². The van der Waals surface area contributed by atoms with E-state index in [1.807, 2.05) is 12.1 Å². The van der Waals surface area contributed by atoms with Crippen LogP contribution in [0.4, 0.5) is 0 Å². The third-order valence-electron chi connectivity index (χ3n) is 2.36. The van der Waals surface area contributed by atoms with Gasteiger partial charge in [0.05, 0.1) is 5.75 Å². The fraction of sp³-hybridized carbons (Fsp3) is 0.154. The molecule has 1 aromatic carbocycles. The van der Waals surface area contributed by atoms with E-state index in [-0.39, 0.29) is 11.7 Å². The molecule has 2 aromatic rings. The summed E-state index contributed by atoms with van der Waals surface area (Å²) in [6.07, 6.45) is 1.63. The Morgan fingerprint density at radius 3 is 2.90 bits per heavy atom. The van der Waals surface area contributed by atoms with Crippen molar-refractivity contribution in [2.24, 2.45) is 0 Å². The van der Waals surface area contributed by atoms with Gasteiger partial charge in [-0.3, -0.25) is 9.89 Å². The lowest BCUT2D eigenvalue weighted by Gasteiger charge is -1.99. The molecule has 1 amide bonds. The Hall–Kier alpha value is -1.79. The van der Waals surface area contributed by atoms with Crippen molar-refractivity contribution in [1.82, 2.24) is 20.5 Å². The molecule has 2 N–H and O–H groups in total. The van der Waals surface area contributed by atoms with Crippen LogP contribution in [0, 0.1) is 0 Å². The minimum Gasteiger partial charge on any atom is -0.352 e. The van der Waals surface area contributed by atoms with Gasteiger partial charge in [-0.2, -0.15) is 0 Å². The van der Waals surface area contributed by atoms with Crippen LogP contribution in [0.15, 0.2) is 42.1 Å². The van der Waals surface area contributed by atoms with E-state index in [1.54, 1.807) is 18.2 Å². The number of hydrogen-bond acceptors (Lipinski definition) is 4. The summed E-state index contributed by atoms with van der Waals surface area (Å²) in [6, 6.07) is 7.28. The highest BCUT2D eigenvalue weighted by Gasteiger charge is 2.08. The third-order valence-corrected chi connectivity index (χ3v) is 3.46. The largest absolute Gasteiger partial charge is 0.352 e. The Kier molecular flexibility index (Phi) is 5.20. The molecule has 0 spiro atoms. The number of amides is 1. The van der Waals surface area contributed by atoms with Crippen molar-refractivity contribution in [3.8, 4) is 11.4 Å². The Labute approximate surface area is 125 Å². The highest BCUT2D eigenvalue weighted by molar-refractivity contribution is 7.99. The molecule has 0 saturated heterocycles. The number of aromatic amines is 1. The molecule has 0 atom stereocenters. The van der Waals surface area contributed by atoms with Crippen molar-refractivity contribution in [3.05, 3.63) is 41.9 Å². The minimum atomic E-state index is -0.0762. The first-order valence-electron chi connectivity index (χ1n) is 5.88. The van der Waals surface area contributed by atoms with E-state index >= 15 is 0 Å². The number of benzene rings is 1. The molecule has 0 radical (unpaired) electrons. The van der Waals surface area contributed by atoms with Crippen molar-refractivity contribution in [1.29, 1.82) is 0 Å². The molecular formula is C13H13ClN4OS. The van der Waals surface area contributed by atoms with Gasteiger partial charge in [-0.25, -0.2) is 4.98 Å². The third kappa shape index (κ3) is 4.11. The van der Waals surface area contributed by atoms with Gasteiger partial charge in [0, 0.05) is 17.1 Å². The highest BCUT2D eigenvalue weighted by atomic mass is 35.5. The van der Waals surface area contributed by atoms with Crippen LogP contribution in [0.5, 0.6) is 0 Å². The second kappa shape index (κ2) is 7.12. The lowest BCUT2D eigenvalue weighted by molar-refractivity contribution is -0.118. The van der Waals surface area contributed by atoms with Crippen LogP contribution in [0.1, 0.15) is 0 Å². The summed E-state index contributed by atoms with van der Waals surface area (Å²) in [5.41, 5.74) is 0.893. The topological polar surface area (TPSA) is 70.7 Å². The smallest absolute Gasteiger partial charge is 0.230 e. The number of rotatable bonds is 6. The maximum Gasteiger partial charge on any atom is 0.230 e. The second-order valence-electron chi connectivity index (χ2n) is 3.85. The highest BCUT2D eigenvalue weighted by Crippen LogP contribution is 2.20. The molecular weight excluding hydrogens is 296 g/mol. The van der Waals surface area contributed by atoms with Crippen LogP contribution in [-0.4, -0.2) is 33.4 Å². The molecule has 104 valence electrons. The minimum absolute atomic E-state index is 0.0762. The first-order valence-corrected chi connectivity index (χ1v) is 7.24. The van der Waals surface area contributed by atoms with Gasteiger partial charge in [0.2, 0.25) is 11.1 Å². The van der Waals surface area contributed by atoms with Gasteiger partial charge in [0.15, 0.2) is 5.82 Å². The van der Waals surface area contributed by atoms with Crippen molar-refractivity contribution >= 4 is 29.3 Å². The summed E-state index contributed by atoms with van der Waals surface area (Å²) in [6.45, 7) is 4.00. The number of thioether (sulfide) groups is 1. The van der Waals surface area contributed by atoms with E-state index in [0.29, 0.717) is 22.5 Å². The average molecular weight is 309 g/mol. The van der Waals surface area contributed by atoms with Gasteiger partial charge in [-0.15, -0.1) is 11.7 Å². The van der Waals surface area contributed by atoms with Crippen molar-refractivity contribution in [3.63, 3.8) is 0 Å². The second-order valence-corrected chi connectivity index (χ2v) is 5.23. The van der Waals surface area contributed by atoms with Crippen LogP contribution in [0.3, 0.4) is 0 Å². The van der Waals surface area contributed by atoms with Gasteiger partial charge < -0.3 is 5.32 Å². The number of hydrogen-bond donors (Lipinski definition) is 2. The summed E-state index contributed by atoms with van der Waals surface area (Å²) in [5.74, 6) is 0.842. The molecule has 0 fully saturated rings. The van der Waals surface area contributed by atoms with E-state index in [0.717, 1.165) is 5.56 Å². The normalized spacial score (nSPS) is 10.2. The zero-order valence-electron chi connectivity index (χ0n) is 10.6. The number of carbonyl (C=O) groups is 1. The Morgan fingerprint density at radius 1 is 1.45 bits per heavy atom. The molecule has 0 bridgehead atoms. The lowest BCUT2D eigenvalue weighted by atomic mass is 10.2. The van der Waals surface area contributed by atoms with Gasteiger partial charge in [0.25, 0.3) is 0 Å². The molecule has 0 aliphatic rings. The summed E-state index contributed by atoms with van der Waals surface area (Å²) in [5, 5.41) is 10.8. The first kappa shape index (κ1) is 14.6. The molecule has 0 aliphatic carbocycles. The maximum absolute atomic E-state index is 11.4. The van der Waals surface area contributed by atoms with Crippen LogP contribution < -0.4 is 5.32 Å². The lowest BCUT2D eigenvalue weighted by Crippen LogP contribution is -2.24. The number of halogens is 1. The molecule has 2 rings (SSSR count). The van der Waals surface area contributed by atoms with E-state index in [9.17, 15) is 4.79 Å². The van der Waals surface area contributed by atoms with Crippen molar-refractivity contribution < 1.29 is 4.79 Å². The van der Waals surface area contributed by atoms with Crippen LogP contribution in [0.25, 0.3) is 11.4 Å². The summed E-state index contributed by atoms with van der Waals surface area (Å²) < 4.78 is 0. The number of nitrogens with one attached hydrogen (secondary N) is 2. The van der Waals surface area contributed by atoms with E-state index in [2.05, 4.69) is 27.1 Å². The van der Waals surface area contributed by atoms with Crippen LogP contribution in [-0.2, 0) is 4.79 Å². The SMILES string of the molecule is C=CCNC(=O)CSc1n[nH]c(-c2ccc(Cl)cc2)n1. The predicted molar refractivity (Wildman–Crippen MR) is 80.8 cm³/mol. The van der Waals surface area contributed by atoms with Crippen molar-refractivity contribution in [2.75, 3.05) is 12.3 Å². The Bertz CT molecular complexity index is 597. The number of carbonyl (C=O) groups excluding carboxylic acids is 1. The van der Waals surface area contributed by atoms with Crippen LogP contribution >= 0.6 is 23.4 Å². The standard InChI is InChI=1S/C13H13ClN4OS/c1-2-7-15-11(19)8-20-13-16-12(17-18-13)9-3-5-10(14)6-4-9/h2-6H,1,7-8H2,(H,15,19)(H,16,17,18). The van der Waals surface area contributed by atoms with Gasteiger partial charge in [-0.1, -0.05) is 29.4 Å². The maximum atomic E-state index is 11.4. The number of nitrogens with zero attached hydrogens (tertiary/aromatic N) is 2. The molecule has 0 saturated carbocycles. The van der Waals surface area contributed by atoms with Gasteiger partial charge in [0.1, 0.15) is 0 Å². The quantitative estimate of drug-likeness (QED) is 0.635. The Balaban J connectivity index is 1.94. The van der Waals surface area contributed by atoms with E-state index in [4.69, 9.17) is 11.6 Å². The van der Waals surface area contributed by atoms with E-state index in [1.165, 1.54) is 11.8 Å². The van der Waals surface area contributed by atoms with Crippen molar-refractivity contribution in [2.45, 2.75) is 5.16 Å². The molecule has 0 unspecified atom stereocenters.